The van der Waals surface area contributed by atoms with Gasteiger partial charge in [0.2, 0.25) is 0 Å². The van der Waals surface area contributed by atoms with Crippen LogP contribution in [0.3, 0.4) is 0 Å². The van der Waals surface area contributed by atoms with Crippen LogP contribution in [0.15, 0.2) is 42.5 Å². The SMILES string of the molecule is O=C(OC1CCCCCCCCCCC1)c1cccc2c1Cc1ccccc1O2.[Na]. The van der Waals surface area contributed by atoms with E-state index in [1.54, 1.807) is 0 Å². The van der Waals surface area contributed by atoms with Crippen molar-refractivity contribution in [3.8, 4) is 11.5 Å². The van der Waals surface area contributed by atoms with Crippen molar-refractivity contribution in [2.45, 2.75) is 83.2 Å². The summed E-state index contributed by atoms with van der Waals surface area (Å²) in [5, 5.41) is 0. The number of benzene rings is 2. The van der Waals surface area contributed by atoms with Gasteiger partial charge in [0.25, 0.3) is 0 Å². The third kappa shape index (κ3) is 6.12. The van der Waals surface area contributed by atoms with Crippen LogP contribution in [0, 0.1) is 0 Å². The smallest absolute Gasteiger partial charge is 0.338 e. The Balaban J connectivity index is 0.00000256. The molecular weight excluding hydrogens is 383 g/mol. The molecule has 1 heterocycles. The van der Waals surface area contributed by atoms with Gasteiger partial charge in [-0.3, -0.25) is 0 Å². The van der Waals surface area contributed by atoms with Crippen molar-refractivity contribution in [2.75, 3.05) is 0 Å². The molecular formula is C26H32NaO3. The zero-order chi connectivity index (χ0) is 19.9. The van der Waals surface area contributed by atoms with Gasteiger partial charge in [0.15, 0.2) is 0 Å². The Labute approximate surface area is 202 Å². The van der Waals surface area contributed by atoms with Crippen molar-refractivity contribution in [3.63, 3.8) is 0 Å². The molecule has 30 heavy (non-hydrogen) atoms. The van der Waals surface area contributed by atoms with Gasteiger partial charge in [-0.1, -0.05) is 69.2 Å². The number of ether oxygens (including phenoxy) is 2. The third-order valence-corrected chi connectivity index (χ3v) is 6.24. The van der Waals surface area contributed by atoms with E-state index in [2.05, 4.69) is 6.07 Å². The van der Waals surface area contributed by atoms with E-state index in [0.29, 0.717) is 12.0 Å². The van der Waals surface area contributed by atoms with Gasteiger partial charge in [-0.05, 0) is 49.4 Å². The first kappa shape index (κ1) is 23.4. The number of hydrogen-bond acceptors (Lipinski definition) is 3. The molecule has 1 aliphatic heterocycles. The number of hydrogen-bond donors (Lipinski definition) is 0. The van der Waals surface area contributed by atoms with Crippen molar-refractivity contribution >= 4 is 35.5 Å². The van der Waals surface area contributed by atoms with Crippen LogP contribution in [-0.2, 0) is 11.2 Å². The predicted octanol–water partition coefficient (Wildman–Crippen LogP) is 6.83. The van der Waals surface area contributed by atoms with Crippen molar-refractivity contribution in [1.82, 2.24) is 0 Å². The molecule has 0 saturated heterocycles. The van der Waals surface area contributed by atoms with Gasteiger partial charge in [-0.25, -0.2) is 4.79 Å². The van der Waals surface area contributed by atoms with Gasteiger partial charge >= 0.3 is 5.97 Å². The fraction of sp³-hybridized carbons (Fsp3) is 0.500. The van der Waals surface area contributed by atoms with Crippen LogP contribution in [0.5, 0.6) is 11.5 Å². The molecule has 4 rings (SSSR count). The number of esters is 1. The third-order valence-electron chi connectivity index (χ3n) is 6.24. The minimum atomic E-state index is -0.193. The van der Waals surface area contributed by atoms with Crippen molar-refractivity contribution in [3.05, 3.63) is 59.2 Å². The minimum Gasteiger partial charge on any atom is -0.459 e. The Morgan fingerprint density at radius 3 is 2.07 bits per heavy atom. The van der Waals surface area contributed by atoms with E-state index in [1.807, 2.05) is 36.4 Å². The average molecular weight is 416 g/mol. The number of carbonyl (C=O) groups excluding carboxylic acids is 1. The molecule has 0 aromatic heterocycles. The molecule has 2 aromatic carbocycles. The second kappa shape index (κ2) is 11.9. The Morgan fingerprint density at radius 2 is 1.37 bits per heavy atom. The van der Waals surface area contributed by atoms with Gasteiger partial charge in [0, 0.05) is 41.5 Å². The van der Waals surface area contributed by atoms with Crippen LogP contribution in [0.2, 0.25) is 0 Å². The topological polar surface area (TPSA) is 35.5 Å². The monoisotopic (exact) mass is 415 g/mol. The molecule has 1 aliphatic carbocycles. The van der Waals surface area contributed by atoms with Crippen LogP contribution in [0.4, 0.5) is 0 Å². The molecule has 0 unspecified atom stereocenters. The van der Waals surface area contributed by atoms with Crippen LogP contribution in [-0.4, -0.2) is 41.6 Å². The average Bonchev–Trinajstić information content (AvgIpc) is 2.73. The van der Waals surface area contributed by atoms with E-state index in [9.17, 15) is 4.79 Å². The normalized spacial score (nSPS) is 17.7. The van der Waals surface area contributed by atoms with Crippen LogP contribution >= 0.6 is 0 Å². The summed E-state index contributed by atoms with van der Waals surface area (Å²) in [5.41, 5.74) is 2.72. The summed E-state index contributed by atoms with van der Waals surface area (Å²) in [5.74, 6) is 1.46. The molecule has 155 valence electrons. The minimum absolute atomic E-state index is 0. The maximum Gasteiger partial charge on any atom is 0.338 e. The van der Waals surface area contributed by atoms with Crippen LogP contribution in [0.25, 0.3) is 0 Å². The molecule has 4 heteroatoms. The summed E-state index contributed by atoms with van der Waals surface area (Å²) in [4.78, 5) is 13.1. The molecule has 1 saturated carbocycles. The summed E-state index contributed by atoms with van der Waals surface area (Å²) in [6.45, 7) is 0. The fourth-order valence-corrected chi connectivity index (χ4v) is 4.55. The van der Waals surface area contributed by atoms with E-state index >= 15 is 0 Å². The Hall–Kier alpha value is -1.29. The zero-order valence-corrected chi connectivity index (χ0v) is 20.3. The first-order chi connectivity index (χ1) is 14.3. The summed E-state index contributed by atoms with van der Waals surface area (Å²) in [6.07, 6.45) is 14.2. The van der Waals surface area contributed by atoms with E-state index in [0.717, 1.165) is 48.3 Å². The summed E-state index contributed by atoms with van der Waals surface area (Å²) in [6, 6.07) is 13.8. The molecule has 0 amide bonds. The second-order valence-corrected chi connectivity index (χ2v) is 8.46. The fourth-order valence-electron chi connectivity index (χ4n) is 4.55. The quantitative estimate of drug-likeness (QED) is 0.340. The molecule has 1 radical (unpaired) electrons. The molecule has 2 aliphatic rings. The van der Waals surface area contributed by atoms with E-state index < -0.39 is 0 Å². The summed E-state index contributed by atoms with van der Waals surface area (Å²) in [7, 11) is 0. The predicted molar refractivity (Wildman–Crippen MR) is 122 cm³/mol. The molecule has 0 spiro atoms. The maximum atomic E-state index is 13.1. The van der Waals surface area contributed by atoms with Gasteiger partial charge < -0.3 is 9.47 Å². The Morgan fingerprint density at radius 1 is 0.767 bits per heavy atom. The van der Waals surface area contributed by atoms with Crippen molar-refractivity contribution in [1.29, 1.82) is 0 Å². The molecule has 0 N–H and O–H groups in total. The number of rotatable bonds is 2. The van der Waals surface area contributed by atoms with Crippen molar-refractivity contribution in [2.24, 2.45) is 0 Å². The standard InChI is InChI=1S/C26H32O3.Na/c27-26(28-21-14-8-6-4-2-1-3-5-7-9-15-21)22-16-12-18-25-23(22)19-20-13-10-11-17-24(20)29-25;/h10-13,16-18,21H,1-9,14-15,19H2;. The van der Waals surface area contributed by atoms with E-state index in [-0.39, 0.29) is 41.6 Å². The summed E-state index contributed by atoms with van der Waals surface area (Å²) >= 11 is 0. The largest absolute Gasteiger partial charge is 0.459 e. The van der Waals surface area contributed by atoms with E-state index in [1.165, 1.54) is 44.9 Å². The number of fused-ring (bicyclic) bond motifs is 2. The van der Waals surface area contributed by atoms with Gasteiger partial charge in [-0.15, -0.1) is 0 Å². The van der Waals surface area contributed by atoms with Crippen molar-refractivity contribution < 1.29 is 14.3 Å². The Bertz CT molecular complexity index is 821. The molecule has 0 bridgehead atoms. The van der Waals surface area contributed by atoms with Gasteiger partial charge in [0.1, 0.15) is 17.6 Å². The molecule has 3 nitrogen and oxygen atoms in total. The van der Waals surface area contributed by atoms with Gasteiger partial charge in [-0.2, -0.15) is 0 Å². The molecule has 1 fully saturated rings. The molecule has 0 atom stereocenters. The Kier molecular flexibility index (Phi) is 9.29. The number of para-hydroxylation sites is 1. The van der Waals surface area contributed by atoms with E-state index in [4.69, 9.17) is 9.47 Å². The van der Waals surface area contributed by atoms with Gasteiger partial charge in [0.05, 0.1) is 5.56 Å². The second-order valence-electron chi connectivity index (χ2n) is 8.46. The zero-order valence-electron chi connectivity index (χ0n) is 18.3. The van der Waals surface area contributed by atoms with Crippen LogP contribution < -0.4 is 4.74 Å². The number of carbonyl (C=O) groups is 1. The molecule has 2 aromatic rings. The van der Waals surface area contributed by atoms with Crippen LogP contribution in [0.1, 0.15) is 92.1 Å². The maximum absolute atomic E-state index is 13.1. The summed E-state index contributed by atoms with van der Waals surface area (Å²) < 4.78 is 12.1. The first-order valence-electron chi connectivity index (χ1n) is 11.4. The first-order valence-corrected chi connectivity index (χ1v) is 11.4.